The van der Waals surface area contributed by atoms with Crippen molar-refractivity contribution in [2.45, 2.75) is 30.7 Å². The van der Waals surface area contributed by atoms with E-state index in [-0.39, 0.29) is 42.0 Å². The number of amides is 4. The number of benzene rings is 3. The molecule has 2 N–H and O–H groups in total. The number of halogens is 3. The van der Waals surface area contributed by atoms with Gasteiger partial charge in [0.25, 0.3) is 11.8 Å². The molecule has 4 aliphatic rings. The Kier molecular flexibility index (Phi) is 7.66. The Labute approximate surface area is 294 Å². The molecule has 0 unspecified atom stereocenters. The number of likely N-dealkylation sites (tertiary alicyclic amines) is 1. The third kappa shape index (κ3) is 4.83. The standard InChI is InChI=1S/C37H28Cl2FN3O5S/c38-20-5-3-19(4-6-20)37-29(34(46)43(36(37)48)41-22-9-7-21(40)8-10-22)17-28-25(32(37)26-12-11-23(44)16-30(26)39)13-14-27-31(28)35(47)42(33(27)45)18-24-2-1-15-49-24/h1-13,15-16,27-29,31-32,41,44H,14,17-18H2/t27-,28+,29-,31-,32+,37+/m0/s1. The van der Waals surface area contributed by atoms with Gasteiger partial charge in [0.2, 0.25) is 11.8 Å². The molecule has 0 bridgehead atoms. The molecule has 49 heavy (non-hydrogen) atoms. The molecule has 3 fully saturated rings. The van der Waals surface area contributed by atoms with Crippen molar-refractivity contribution in [3.8, 4) is 5.75 Å². The number of phenolic OH excluding ortho intramolecular Hbond substituents is 1. The lowest BCUT2D eigenvalue weighted by atomic mass is 9.49. The minimum absolute atomic E-state index is 0.0786. The molecule has 0 spiro atoms. The number of carbonyl (C=O) groups is 4. The zero-order valence-electron chi connectivity index (χ0n) is 25.7. The maximum atomic E-state index is 15.1. The molecule has 2 aliphatic carbocycles. The summed E-state index contributed by atoms with van der Waals surface area (Å²) in [5.41, 5.74) is 3.44. The summed E-state index contributed by atoms with van der Waals surface area (Å²) in [4.78, 5) is 60.0. The van der Waals surface area contributed by atoms with Crippen LogP contribution in [0.25, 0.3) is 0 Å². The molecule has 6 atom stereocenters. The first kappa shape index (κ1) is 31.7. The molecule has 2 saturated heterocycles. The Morgan fingerprint density at radius 1 is 0.918 bits per heavy atom. The summed E-state index contributed by atoms with van der Waals surface area (Å²) in [7, 11) is 0. The van der Waals surface area contributed by atoms with E-state index in [1.54, 1.807) is 30.3 Å². The Hall–Kier alpha value is -4.51. The number of phenols is 1. The van der Waals surface area contributed by atoms with Gasteiger partial charge in [-0.15, -0.1) is 11.3 Å². The van der Waals surface area contributed by atoms with Gasteiger partial charge in [0.15, 0.2) is 0 Å². The zero-order chi connectivity index (χ0) is 34.2. The number of hydrogen-bond acceptors (Lipinski definition) is 7. The quantitative estimate of drug-likeness (QED) is 0.163. The second-order valence-corrected chi connectivity index (χ2v) is 14.8. The molecule has 0 radical (unpaired) electrons. The van der Waals surface area contributed by atoms with Crippen molar-refractivity contribution in [2.75, 3.05) is 5.43 Å². The normalized spacial score (nSPS) is 27.6. The van der Waals surface area contributed by atoms with Gasteiger partial charge in [0.05, 0.1) is 35.4 Å². The Bertz CT molecular complexity index is 2050. The smallest absolute Gasteiger partial charge is 0.260 e. The van der Waals surface area contributed by atoms with Crippen molar-refractivity contribution in [3.63, 3.8) is 0 Å². The van der Waals surface area contributed by atoms with Gasteiger partial charge in [-0.25, -0.2) is 4.39 Å². The average Bonchev–Trinajstić information content (AvgIpc) is 3.75. The zero-order valence-corrected chi connectivity index (χ0v) is 28.0. The molecule has 2 aliphatic heterocycles. The minimum Gasteiger partial charge on any atom is -0.508 e. The molecule has 8 nitrogen and oxygen atoms in total. The van der Waals surface area contributed by atoms with Gasteiger partial charge in [-0.3, -0.25) is 29.5 Å². The lowest BCUT2D eigenvalue weighted by molar-refractivity contribution is -0.141. The van der Waals surface area contributed by atoms with E-state index in [0.29, 0.717) is 21.8 Å². The van der Waals surface area contributed by atoms with E-state index in [4.69, 9.17) is 23.2 Å². The number of thiophene rings is 1. The first-order valence-electron chi connectivity index (χ1n) is 15.8. The van der Waals surface area contributed by atoms with E-state index in [2.05, 4.69) is 5.43 Å². The Morgan fingerprint density at radius 2 is 1.67 bits per heavy atom. The van der Waals surface area contributed by atoms with Gasteiger partial charge in [-0.05, 0) is 89.9 Å². The number of hydrogen-bond donors (Lipinski definition) is 2. The number of nitrogens with one attached hydrogen (secondary N) is 1. The van der Waals surface area contributed by atoms with Crippen LogP contribution < -0.4 is 5.43 Å². The van der Waals surface area contributed by atoms with Crippen LogP contribution in [0.2, 0.25) is 10.0 Å². The molecule has 8 rings (SSSR count). The third-order valence-electron chi connectivity index (χ3n) is 10.5. The highest BCUT2D eigenvalue weighted by atomic mass is 35.5. The van der Waals surface area contributed by atoms with Crippen LogP contribution in [0.3, 0.4) is 0 Å². The van der Waals surface area contributed by atoms with Crippen molar-refractivity contribution >= 4 is 63.9 Å². The molecule has 1 saturated carbocycles. The molecule has 12 heteroatoms. The van der Waals surface area contributed by atoms with Crippen LogP contribution in [0.15, 0.2) is 95.9 Å². The average molecular weight is 717 g/mol. The fraction of sp³-hybridized carbons (Fsp3) is 0.243. The molecule has 248 valence electrons. The maximum Gasteiger partial charge on any atom is 0.260 e. The number of rotatable bonds is 6. The molecule has 3 aromatic carbocycles. The van der Waals surface area contributed by atoms with Gasteiger partial charge in [0.1, 0.15) is 11.6 Å². The number of hydrazine groups is 1. The van der Waals surface area contributed by atoms with Crippen molar-refractivity contribution in [1.29, 1.82) is 0 Å². The predicted molar refractivity (Wildman–Crippen MR) is 182 cm³/mol. The maximum absolute atomic E-state index is 15.1. The van der Waals surface area contributed by atoms with Gasteiger partial charge >= 0.3 is 0 Å². The first-order chi connectivity index (χ1) is 23.6. The number of allylic oxidation sites excluding steroid dienone is 2. The SMILES string of the molecule is O=C1[C@H]2[C@H](CC=C3[C@H]2C[C@H]2C(=O)N(Nc4ccc(F)cc4)C(=O)[C@@]2(c2ccc(Cl)cc2)[C@H]3c2ccc(O)cc2Cl)C(=O)N1Cc1cccs1. The van der Waals surface area contributed by atoms with Gasteiger partial charge < -0.3 is 5.11 Å². The van der Waals surface area contributed by atoms with E-state index in [1.165, 1.54) is 52.6 Å². The van der Waals surface area contributed by atoms with E-state index >= 15 is 4.79 Å². The summed E-state index contributed by atoms with van der Waals surface area (Å²) in [6.07, 6.45) is 2.33. The van der Waals surface area contributed by atoms with Crippen LogP contribution in [0.4, 0.5) is 10.1 Å². The minimum atomic E-state index is -1.56. The van der Waals surface area contributed by atoms with E-state index in [0.717, 1.165) is 15.5 Å². The monoisotopic (exact) mass is 715 g/mol. The summed E-state index contributed by atoms with van der Waals surface area (Å²) >= 11 is 14.7. The number of anilines is 1. The van der Waals surface area contributed by atoms with Gasteiger partial charge in [-0.2, -0.15) is 5.01 Å². The highest BCUT2D eigenvalue weighted by molar-refractivity contribution is 7.09. The molecule has 3 heterocycles. The van der Waals surface area contributed by atoms with E-state index in [1.807, 2.05) is 23.6 Å². The summed E-state index contributed by atoms with van der Waals surface area (Å²) < 4.78 is 13.8. The topological polar surface area (TPSA) is 107 Å². The van der Waals surface area contributed by atoms with Crippen LogP contribution in [-0.4, -0.2) is 38.6 Å². The van der Waals surface area contributed by atoms with E-state index < -0.39 is 52.6 Å². The summed E-state index contributed by atoms with van der Waals surface area (Å²) in [6, 6.07) is 20.3. The van der Waals surface area contributed by atoms with Crippen molar-refractivity contribution in [3.05, 3.63) is 128 Å². The van der Waals surface area contributed by atoms with Crippen LogP contribution in [0.5, 0.6) is 5.75 Å². The lowest BCUT2D eigenvalue weighted by Gasteiger charge is -2.50. The highest BCUT2D eigenvalue weighted by Gasteiger charge is 2.70. The Balaban J connectivity index is 1.32. The van der Waals surface area contributed by atoms with Crippen molar-refractivity contribution in [1.82, 2.24) is 9.91 Å². The summed E-state index contributed by atoms with van der Waals surface area (Å²) in [5, 5.41) is 13.8. The predicted octanol–water partition coefficient (Wildman–Crippen LogP) is 7.08. The molecular weight excluding hydrogens is 688 g/mol. The second-order valence-electron chi connectivity index (χ2n) is 12.9. The third-order valence-corrected chi connectivity index (χ3v) is 12.0. The Morgan fingerprint density at radius 3 is 2.37 bits per heavy atom. The largest absolute Gasteiger partial charge is 0.508 e. The highest BCUT2D eigenvalue weighted by Crippen LogP contribution is 2.64. The molecule has 4 amide bonds. The van der Waals surface area contributed by atoms with Crippen LogP contribution in [0, 0.1) is 29.5 Å². The first-order valence-corrected chi connectivity index (χ1v) is 17.5. The molecule has 4 aromatic rings. The van der Waals surface area contributed by atoms with Gasteiger partial charge in [0, 0.05) is 20.8 Å². The van der Waals surface area contributed by atoms with Crippen molar-refractivity contribution in [2.24, 2.45) is 23.7 Å². The molecule has 1 aromatic heterocycles. The summed E-state index contributed by atoms with van der Waals surface area (Å²) in [5.74, 6) is -5.97. The second kappa shape index (κ2) is 11.8. The van der Waals surface area contributed by atoms with Crippen LogP contribution >= 0.6 is 34.5 Å². The van der Waals surface area contributed by atoms with Gasteiger partial charge in [-0.1, -0.05) is 59.1 Å². The number of nitrogens with zero attached hydrogens (tertiary/aromatic N) is 2. The lowest BCUT2D eigenvalue weighted by Crippen LogP contribution is -2.53. The fourth-order valence-corrected chi connectivity index (χ4v) is 9.63. The van der Waals surface area contributed by atoms with Crippen molar-refractivity contribution < 1.29 is 28.7 Å². The fourth-order valence-electron chi connectivity index (χ4n) is 8.53. The van der Waals surface area contributed by atoms with Crippen LogP contribution in [-0.2, 0) is 31.1 Å². The van der Waals surface area contributed by atoms with E-state index in [9.17, 15) is 23.9 Å². The number of aromatic hydroxyl groups is 1. The number of fused-ring (bicyclic) bond motifs is 4. The molecular formula is C37H28Cl2FN3O5S. The number of carbonyl (C=O) groups excluding carboxylic acids is 4. The van der Waals surface area contributed by atoms with Crippen LogP contribution in [0.1, 0.15) is 34.8 Å². The number of imide groups is 2. The summed E-state index contributed by atoms with van der Waals surface area (Å²) in [6.45, 7) is 0.169.